The fourth-order valence-electron chi connectivity index (χ4n) is 5.17. The first-order valence-electron chi connectivity index (χ1n) is 13.6. The molecule has 0 aliphatic heterocycles. The summed E-state index contributed by atoms with van der Waals surface area (Å²) in [5.41, 5.74) is 0.614. The van der Waals surface area contributed by atoms with Crippen molar-refractivity contribution in [3.63, 3.8) is 0 Å². The van der Waals surface area contributed by atoms with Gasteiger partial charge in [-0.25, -0.2) is 8.42 Å². The molecule has 0 heterocycles. The Morgan fingerprint density at radius 2 is 1.68 bits per heavy atom. The highest BCUT2D eigenvalue weighted by Crippen LogP contribution is 2.26. The van der Waals surface area contributed by atoms with Crippen LogP contribution in [0.5, 0.6) is 0 Å². The number of rotatable bonds is 10. The van der Waals surface area contributed by atoms with E-state index in [0.29, 0.717) is 22.0 Å². The zero-order valence-corrected chi connectivity index (χ0v) is 25.1. The van der Waals surface area contributed by atoms with Crippen molar-refractivity contribution in [2.24, 2.45) is 0 Å². The van der Waals surface area contributed by atoms with E-state index in [4.69, 9.17) is 23.2 Å². The molecule has 1 fully saturated rings. The van der Waals surface area contributed by atoms with Gasteiger partial charge in [-0.05, 0) is 59.9 Å². The van der Waals surface area contributed by atoms with Gasteiger partial charge in [-0.1, -0.05) is 85.8 Å². The standard InChI is InChI=1S/C30H35Cl2N3O4S/c1-3-28(30(37)33-25-11-5-4-6-12-25)35(19-23-13-15-24(31)18-27(23)32)29(36)20-34(2)40(38,39)26-16-14-21-9-7-8-10-22(21)17-26/h7-10,13-18,25,28H,3-6,11-12,19-20H2,1-2H3,(H,33,37)/t28-/m1/s1. The largest absolute Gasteiger partial charge is 0.352 e. The molecule has 0 saturated heterocycles. The molecule has 0 unspecified atom stereocenters. The fourth-order valence-corrected chi connectivity index (χ4v) is 6.80. The lowest BCUT2D eigenvalue weighted by atomic mass is 9.95. The van der Waals surface area contributed by atoms with Gasteiger partial charge in [-0.15, -0.1) is 0 Å². The number of carbonyl (C=O) groups is 2. The molecule has 0 bridgehead atoms. The molecule has 7 nitrogen and oxygen atoms in total. The molecule has 0 aromatic heterocycles. The molecule has 1 aliphatic rings. The minimum atomic E-state index is -3.98. The number of hydrogen-bond donors (Lipinski definition) is 1. The zero-order chi connectivity index (χ0) is 28.9. The third kappa shape index (κ3) is 7.16. The highest BCUT2D eigenvalue weighted by molar-refractivity contribution is 7.89. The van der Waals surface area contributed by atoms with Crippen LogP contribution in [0, 0.1) is 0 Å². The summed E-state index contributed by atoms with van der Waals surface area (Å²) >= 11 is 12.5. The number of benzene rings is 3. The smallest absolute Gasteiger partial charge is 0.243 e. The van der Waals surface area contributed by atoms with Gasteiger partial charge < -0.3 is 10.2 Å². The first-order valence-corrected chi connectivity index (χ1v) is 15.8. The third-order valence-corrected chi connectivity index (χ3v) is 9.87. The van der Waals surface area contributed by atoms with E-state index in [-0.39, 0.29) is 23.4 Å². The number of nitrogens with zero attached hydrogens (tertiary/aromatic N) is 2. The average molecular weight is 605 g/mol. The Bertz CT molecular complexity index is 1470. The lowest BCUT2D eigenvalue weighted by molar-refractivity contribution is -0.141. The van der Waals surface area contributed by atoms with Crippen molar-refractivity contribution >= 4 is 55.8 Å². The van der Waals surface area contributed by atoms with Crippen LogP contribution >= 0.6 is 23.2 Å². The van der Waals surface area contributed by atoms with Crippen molar-refractivity contribution in [3.8, 4) is 0 Å². The summed E-state index contributed by atoms with van der Waals surface area (Å²) in [7, 11) is -2.61. The molecule has 1 atom stereocenters. The number of sulfonamides is 1. The lowest BCUT2D eigenvalue weighted by Crippen LogP contribution is -2.53. The Balaban J connectivity index is 1.59. The van der Waals surface area contributed by atoms with Crippen molar-refractivity contribution in [1.29, 1.82) is 0 Å². The van der Waals surface area contributed by atoms with E-state index in [1.165, 1.54) is 18.0 Å². The van der Waals surface area contributed by atoms with Crippen LogP contribution in [-0.2, 0) is 26.2 Å². The van der Waals surface area contributed by atoms with Crippen LogP contribution in [0.4, 0.5) is 0 Å². The predicted molar refractivity (Wildman–Crippen MR) is 160 cm³/mol. The molecule has 2 amide bonds. The van der Waals surface area contributed by atoms with Gasteiger partial charge in [0.2, 0.25) is 21.8 Å². The molecule has 0 radical (unpaired) electrons. The summed E-state index contributed by atoms with van der Waals surface area (Å²) in [5.74, 6) is -0.739. The van der Waals surface area contributed by atoms with Gasteiger partial charge in [0.1, 0.15) is 6.04 Å². The highest BCUT2D eigenvalue weighted by atomic mass is 35.5. The quantitative estimate of drug-likeness (QED) is 0.307. The van der Waals surface area contributed by atoms with Crippen LogP contribution in [0.15, 0.2) is 65.6 Å². The monoisotopic (exact) mass is 603 g/mol. The van der Waals surface area contributed by atoms with Gasteiger partial charge >= 0.3 is 0 Å². The van der Waals surface area contributed by atoms with E-state index in [0.717, 1.165) is 47.2 Å². The van der Waals surface area contributed by atoms with E-state index in [1.54, 1.807) is 30.3 Å². The molecular formula is C30H35Cl2N3O4S. The van der Waals surface area contributed by atoms with Crippen LogP contribution in [0.3, 0.4) is 0 Å². The van der Waals surface area contributed by atoms with Crippen LogP contribution in [0.2, 0.25) is 10.0 Å². The number of likely N-dealkylation sites (N-methyl/N-ethyl adjacent to an activating group) is 1. The maximum Gasteiger partial charge on any atom is 0.243 e. The van der Waals surface area contributed by atoms with Gasteiger partial charge in [-0.3, -0.25) is 9.59 Å². The highest BCUT2D eigenvalue weighted by Gasteiger charge is 2.33. The summed E-state index contributed by atoms with van der Waals surface area (Å²) in [6, 6.07) is 16.6. The number of hydrogen-bond acceptors (Lipinski definition) is 4. The van der Waals surface area contributed by atoms with Crippen molar-refractivity contribution in [3.05, 3.63) is 76.3 Å². The number of carbonyl (C=O) groups excluding carboxylic acids is 2. The molecule has 4 rings (SSSR count). The molecule has 10 heteroatoms. The number of nitrogens with one attached hydrogen (secondary N) is 1. The molecule has 214 valence electrons. The molecule has 3 aromatic rings. The maximum atomic E-state index is 13.8. The van der Waals surface area contributed by atoms with E-state index < -0.39 is 28.5 Å². The molecular weight excluding hydrogens is 569 g/mol. The number of amides is 2. The third-order valence-electron chi connectivity index (χ3n) is 7.48. The topological polar surface area (TPSA) is 86.8 Å². The summed E-state index contributed by atoms with van der Waals surface area (Å²) in [6.07, 6.45) is 5.44. The summed E-state index contributed by atoms with van der Waals surface area (Å²) in [6.45, 7) is 1.44. The molecule has 1 N–H and O–H groups in total. The van der Waals surface area contributed by atoms with Crippen LogP contribution < -0.4 is 5.32 Å². The predicted octanol–water partition coefficient (Wildman–Crippen LogP) is 6.02. The van der Waals surface area contributed by atoms with Crippen molar-refractivity contribution in [2.45, 2.75) is 69.0 Å². The van der Waals surface area contributed by atoms with Crippen LogP contribution in [-0.4, -0.2) is 55.1 Å². The second-order valence-corrected chi connectivity index (χ2v) is 13.2. The Kier molecular flexibility index (Phi) is 10.1. The number of halogens is 2. The van der Waals surface area contributed by atoms with E-state index in [2.05, 4.69) is 5.32 Å². The Hall–Kier alpha value is -2.65. The first-order chi connectivity index (χ1) is 19.1. The Morgan fingerprint density at radius 3 is 2.35 bits per heavy atom. The average Bonchev–Trinajstić information content (AvgIpc) is 2.94. The summed E-state index contributed by atoms with van der Waals surface area (Å²) in [5, 5.41) is 5.64. The maximum absolute atomic E-state index is 13.8. The molecule has 40 heavy (non-hydrogen) atoms. The summed E-state index contributed by atoms with van der Waals surface area (Å²) in [4.78, 5) is 28.8. The molecule has 1 aliphatic carbocycles. The van der Waals surface area contributed by atoms with Crippen LogP contribution in [0.1, 0.15) is 51.0 Å². The fraction of sp³-hybridized carbons (Fsp3) is 0.400. The Morgan fingerprint density at radius 1 is 0.975 bits per heavy atom. The number of fused-ring (bicyclic) bond motifs is 1. The molecule has 1 saturated carbocycles. The zero-order valence-electron chi connectivity index (χ0n) is 22.8. The lowest BCUT2D eigenvalue weighted by Gasteiger charge is -2.33. The second kappa shape index (κ2) is 13.3. The molecule has 0 spiro atoms. The van der Waals surface area contributed by atoms with Gasteiger partial charge in [0, 0.05) is 29.7 Å². The minimum absolute atomic E-state index is 0.0370. The second-order valence-electron chi connectivity index (χ2n) is 10.3. The van der Waals surface area contributed by atoms with Crippen molar-refractivity contribution in [1.82, 2.24) is 14.5 Å². The Labute approximate surface area is 246 Å². The van der Waals surface area contributed by atoms with Crippen LogP contribution in [0.25, 0.3) is 10.8 Å². The van der Waals surface area contributed by atoms with Crippen molar-refractivity contribution in [2.75, 3.05) is 13.6 Å². The SMILES string of the molecule is CC[C@H](C(=O)NC1CCCCC1)N(Cc1ccc(Cl)cc1Cl)C(=O)CN(C)S(=O)(=O)c1ccc2ccccc2c1. The van der Waals surface area contributed by atoms with Crippen molar-refractivity contribution < 1.29 is 18.0 Å². The van der Waals surface area contributed by atoms with E-state index in [9.17, 15) is 18.0 Å². The normalized spacial score (nSPS) is 15.2. The van der Waals surface area contributed by atoms with E-state index in [1.807, 2.05) is 31.2 Å². The molecule has 3 aromatic carbocycles. The minimum Gasteiger partial charge on any atom is -0.352 e. The van der Waals surface area contributed by atoms with Gasteiger partial charge in [0.25, 0.3) is 0 Å². The summed E-state index contributed by atoms with van der Waals surface area (Å²) < 4.78 is 27.9. The first kappa shape index (κ1) is 30.3. The van der Waals surface area contributed by atoms with Gasteiger partial charge in [-0.2, -0.15) is 4.31 Å². The van der Waals surface area contributed by atoms with Gasteiger partial charge in [0.05, 0.1) is 11.4 Å². The van der Waals surface area contributed by atoms with Gasteiger partial charge in [0.15, 0.2) is 0 Å². The van der Waals surface area contributed by atoms with E-state index >= 15 is 0 Å².